The minimum Gasteiger partial charge on any atom is -0.489 e. The molecule has 3 aliphatic rings. The van der Waals surface area contributed by atoms with Crippen molar-refractivity contribution in [3.8, 4) is 17.2 Å². The number of rotatable bonds is 14. The third-order valence-electron chi connectivity index (χ3n) is 9.19. The summed E-state index contributed by atoms with van der Waals surface area (Å²) in [6.45, 7) is 19.1. The average Bonchev–Trinajstić information content (AvgIpc) is 3.93. The van der Waals surface area contributed by atoms with Gasteiger partial charge in [-0.1, -0.05) is 36.5 Å². The van der Waals surface area contributed by atoms with E-state index in [9.17, 15) is 0 Å². The van der Waals surface area contributed by atoms with E-state index in [1.165, 1.54) is 32.4 Å². The van der Waals surface area contributed by atoms with Gasteiger partial charge in [-0.25, -0.2) is 0 Å². The molecule has 3 unspecified atom stereocenters. The minimum absolute atomic E-state index is 0.190. The molecule has 3 aromatic rings. The molecule has 0 bridgehead atoms. The maximum Gasteiger partial charge on any atom is 0.138 e. The zero-order valence-corrected chi connectivity index (χ0v) is 33.9. The molecule has 9 nitrogen and oxygen atoms in total. The van der Waals surface area contributed by atoms with Gasteiger partial charge in [0.25, 0.3) is 0 Å². The fraction of sp³-hybridized carbons (Fsp3) is 0.533. The van der Waals surface area contributed by atoms with Crippen LogP contribution in [0.1, 0.15) is 90.3 Å². The van der Waals surface area contributed by atoms with E-state index in [1.54, 1.807) is 18.6 Å². The number of allylic oxidation sites excluding steroid dienone is 2. The summed E-state index contributed by atoms with van der Waals surface area (Å²) in [4.78, 5) is 15.0. The average molecular weight is 739 g/mol. The van der Waals surface area contributed by atoms with E-state index < -0.39 is 0 Å². The second-order valence-corrected chi connectivity index (χ2v) is 15.5. The van der Waals surface area contributed by atoms with Crippen molar-refractivity contribution in [2.45, 2.75) is 92.0 Å². The molecule has 9 heteroatoms. The third kappa shape index (κ3) is 17.4. The van der Waals surface area contributed by atoms with E-state index in [1.807, 2.05) is 78.3 Å². The van der Waals surface area contributed by atoms with Gasteiger partial charge in [0.1, 0.15) is 17.2 Å². The van der Waals surface area contributed by atoms with E-state index in [0.717, 1.165) is 84.8 Å². The Morgan fingerprint density at radius 3 is 1.54 bits per heavy atom. The molecule has 0 radical (unpaired) electrons. The van der Waals surface area contributed by atoms with E-state index in [-0.39, 0.29) is 18.3 Å². The normalized spacial score (nSPS) is 20.2. The summed E-state index contributed by atoms with van der Waals surface area (Å²) in [5.74, 6) is 4.79. The first-order chi connectivity index (χ1) is 26.1. The molecule has 2 N–H and O–H groups in total. The van der Waals surface area contributed by atoms with E-state index in [2.05, 4.69) is 74.0 Å². The summed E-state index contributed by atoms with van der Waals surface area (Å²) >= 11 is 0. The number of ether oxygens (including phenoxy) is 3. The smallest absolute Gasteiger partial charge is 0.138 e. The number of hydrogen-bond acceptors (Lipinski definition) is 9. The quantitative estimate of drug-likeness (QED) is 0.169. The molecule has 0 saturated carbocycles. The van der Waals surface area contributed by atoms with Crippen molar-refractivity contribution < 1.29 is 14.2 Å². The molecule has 294 valence electrons. The van der Waals surface area contributed by atoms with Crippen LogP contribution >= 0.6 is 0 Å². The molecule has 3 atom stereocenters. The maximum atomic E-state index is 5.65. The van der Waals surface area contributed by atoms with Crippen molar-refractivity contribution in [1.82, 2.24) is 30.5 Å². The van der Waals surface area contributed by atoms with Crippen molar-refractivity contribution in [2.75, 3.05) is 46.3 Å². The predicted molar refractivity (Wildman–Crippen MR) is 224 cm³/mol. The zero-order chi connectivity index (χ0) is 38.5. The highest BCUT2D eigenvalue weighted by Gasteiger charge is 2.17. The molecule has 0 spiro atoms. The van der Waals surface area contributed by atoms with E-state index >= 15 is 0 Å². The lowest BCUT2D eigenvalue weighted by Crippen LogP contribution is -2.13. The number of nitrogens with one attached hydrogen (secondary N) is 2. The maximum absolute atomic E-state index is 5.65. The lowest BCUT2D eigenvalue weighted by Gasteiger charge is -2.09. The largest absolute Gasteiger partial charge is 0.489 e. The molecule has 3 aromatic heterocycles. The Morgan fingerprint density at radius 1 is 0.630 bits per heavy atom. The van der Waals surface area contributed by atoms with Gasteiger partial charge >= 0.3 is 0 Å². The minimum atomic E-state index is 0.190. The van der Waals surface area contributed by atoms with Crippen LogP contribution in [-0.4, -0.2) is 84.5 Å². The highest BCUT2D eigenvalue weighted by molar-refractivity contribution is 5.51. The van der Waals surface area contributed by atoms with Crippen molar-refractivity contribution in [3.63, 3.8) is 0 Å². The Balaban J connectivity index is 0.000000181. The van der Waals surface area contributed by atoms with Gasteiger partial charge in [-0.05, 0) is 160 Å². The summed E-state index contributed by atoms with van der Waals surface area (Å²) in [6, 6.07) is 6.12. The lowest BCUT2D eigenvalue weighted by atomic mass is 10.0. The van der Waals surface area contributed by atoms with Crippen molar-refractivity contribution >= 4 is 18.2 Å². The Kier molecular flexibility index (Phi) is 18.7. The van der Waals surface area contributed by atoms with E-state index in [0.29, 0.717) is 5.92 Å². The highest BCUT2D eigenvalue weighted by Crippen LogP contribution is 2.21. The molecule has 6 heterocycles. The van der Waals surface area contributed by atoms with Gasteiger partial charge in [0, 0.05) is 31.7 Å². The molecule has 0 aliphatic carbocycles. The van der Waals surface area contributed by atoms with Gasteiger partial charge < -0.3 is 29.7 Å². The van der Waals surface area contributed by atoms with E-state index in [4.69, 9.17) is 14.2 Å². The monoisotopic (exact) mass is 739 g/mol. The second-order valence-electron chi connectivity index (χ2n) is 15.5. The van der Waals surface area contributed by atoms with Gasteiger partial charge in [0.2, 0.25) is 0 Å². The standard InChI is InChI=1S/C16H24N2O.C15H22N2O.C14H20N2O/c1-13(2)19-16-9-15(10-17-11-16)6-4-5-14-7-8-18(3)12-14;1-12(2)18-15-8-14(10-17-11-15)5-3-4-13-6-7-16-9-13;1-11(2)17-14-7-13(9-16-10-14)4-3-12-5-6-15-8-12/h4,6,9-11,13-14H,5,7-8,12H2,1-3H3;3,5,8,10-13,16H,4,6-7,9H2,1-2H3;3-4,7,9-12,15H,5-6,8H2,1-2H3. The second kappa shape index (κ2) is 23.7. The Bertz CT molecular complexity index is 1580. The molecule has 6 rings (SSSR count). The molecular weight excluding hydrogens is 673 g/mol. The van der Waals surface area contributed by atoms with Crippen LogP contribution in [0.25, 0.3) is 18.2 Å². The van der Waals surface area contributed by atoms with Gasteiger partial charge in [0.15, 0.2) is 0 Å². The van der Waals surface area contributed by atoms with Gasteiger partial charge in [-0.3, -0.25) is 15.0 Å². The number of likely N-dealkylation sites (tertiary alicyclic amines) is 1. The first kappa shape index (κ1) is 42.7. The molecular formula is C45H66N6O3. The Morgan fingerprint density at radius 2 is 1.11 bits per heavy atom. The first-order valence-corrected chi connectivity index (χ1v) is 20.1. The molecule has 54 heavy (non-hydrogen) atoms. The molecule has 3 saturated heterocycles. The highest BCUT2D eigenvalue weighted by atomic mass is 16.5. The third-order valence-corrected chi connectivity index (χ3v) is 9.19. The predicted octanol–water partition coefficient (Wildman–Crippen LogP) is 8.60. The Labute approximate surface area is 325 Å². The fourth-order valence-electron chi connectivity index (χ4n) is 6.61. The van der Waals surface area contributed by atoms with Crippen molar-refractivity contribution in [2.24, 2.45) is 17.8 Å². The topological polar surface area (TPSA) is 93.7 Å². The van der Waals surface area contributed by atoms with Crippen LogP contribution in [0.4, 0.5) is 0 Å². The summed E-state index contributed by atoms with van der Waals surface area (Å²) in [5, 5.41) is 6.74. The van der Waals surface area contributed by atoms with Gasteiger partial charge in [-0.15, -0.1) is 0 Å². The van der Waals surface area contributed by atoms with Crippen LogP contribution in [0, 0.1) is 17.8 Å². The van der Waals surface area contributed by atoms with Gasteiger partial charge in [0.05, 0.1) is 36.9 Å². The first-order valence-electron chi connectivity index (χ1n) is 20.1. The van der Waals surface area contributed by atoms with Crippen LogP contribution in [0.3, 0.4) is 0 Å². The molecule has 0 amide bonds. The molecule has 3 aliphatic heterocycles. The van der Waals surface area contributed by atoms with Crippen LogP contribution in [0.15, 0.2) is 73.6 Å². The number of hydrogen-bond donors (Lipinski definition) is 2. The SMILES string of the molecule is CC(C)Oc1cncc(C=CC2CCNC2)c1.CC(C)Oc1cncc(C=CCC2CCN(C)C2)c1.CC(C)Oc1cncc(C=CCC2CCNC2)c1. The van der Waals surface area contributed by atoms with Crippen molar-refractivity contribution in [3.05, 3.63) is 90.3 Å². The fourth-order valence-corrected chi connectivity index (χ4v) is 6.61. The van der Waals surface area contributed by atoms with Crippen LogP contribution < -0.4 is 24.8 Å². The summed E-state index contributed by atoms with van der Waals surface area (Å²) < 4.78 is 16.9. The lowest BCUT2D eigenvalue weighted by molar-refractivity contribution is 0.241. The number of aromatic nitrogens is 3. The number of nitrogens with zero attached hydrogens (tertiary/aromatic N) is 4. The summed E-state index contributed by atoms with van der Waals surface area (Å²) in [6.07, 6.45) is 30.8. The van der Waals surface area contributed by atoms with Crippen LogP contribution in [0.5, 0.6) is 17.2 Å². The van der Waals surface area contributed by atoms with Crippen LogP contribution in [0.2, 0.25) is 0 Å². The van der Waals surface area contributed by atoms with Crippen LogP contribution in [-0.2, 0) is 0 Å². The van der Waals surface area contributed by atoms with Crippen molar-refractivity contribution in [1.29, 1.82) is 0 Å². The Hall–Kier alpha value is -4.05. The molecule has 0 aromatic carbocycles. The van der Waals surface area contributed by atoms with Gasteiger partial charge in [-0.2, -0.15) is 0 Å². The summed E-state index contributed by atoms with van der Waals surface area (Å²) in [5.41, 5.74) is 3.33. The molecule has 3 fully saturated rings. The number of pyridine rings is 3. The summed E-state index contributed by atoms with van der Waals surface area (Å²) in [7, 11) is 2.19. The zero-order valence-electron chi connectivity index (χ0n) is 33.9.